The van der Waals surface area contributed by atoms with Gasteiger partial charge in [-0.3, -0.25) is 0 Å². The fourth-order valence-corrected chi connectivity index (χ4v) is 2.33. The number of hydrogen-bond acceptors (Lipinski definition) is 1. The Morgan fingerprint density at radius 1 is 0.917 bits per heavy atom. The Labute approximate surface area is 78.7 Å². The van der Waals surface area contributed by atoms with Gasteiger partial charge in [0.05, 0.1) is 6.61 Å². The Hall–Kier alpha value is 0.390. The van der Waals surface area contributed by atoms with E-state index >= 15 is 0 Å². The molecule has 0 aliphatic heterocycles. The molecule has 0 saturated carbocycles. The van der Waals surface area contributed by atoms with Crippen molar-refractivity contribution in [3.05, 3.63) is 0 Å². The summed E-state index contributed by atoms with van der Waals surface area (Å²) >= 11 is 0. The summed E-state index contributed by atoms with van der Waals surface area (Å²) < 4.78 is 5.75. The van der Waals surface area contributed by atoms with Crippen LogP contribution in [0.15, 0.2) is 0 Å². The molecule has 2 heteroatoms. The predicted octanol–water partition coefficient (Wildman–Crippen LogP) is 4.02. The van der Waals surface area contributed by atoms with E-state index in [0.29, 0.717) is 0 Å². The SMILES string of the molecule is CCCCCCOP(CC)CC. The van der Waals surface area contributed by atoms with Gasteiger partial charge in [-0.25, -0.2) is 0 Å². The Bertz CT molecular complexity index is 81.9. The average molecular weight is 190 g/mol. The zero-order chi connectivity index (χ0) is 9.23. The highest BCUT2D eigenvalue weighted by Gasteiger charge is 2.01. The van der Waals surface area contributed by atoms with Crippen LogP contribution in [0.4, 0.5) is 0 Å². The van der Waals surface area contributed by atoms with E-state index in [1.807, 2.05) is 0 Å². The lowest BCUT2D eigenvalue weighted by molar-refractivity contribution is 0.337. The normalized spacial score (nSPS) is 11.0. The first kappa shape index (κ1) is 12.4. The van der Waals surface area contributed by atoms with Crippen LogP contribution in [-0.2, 0) is 4.52 Å². The van der Waals surface area contributed by atoms with Crippen molar-refractivity contribution in [2.75, 3.05) is 18.9 Å². The first-order chi connectivity index (χ1) is 5.85. The van der Waals surface area contributed by atoms with Crippen molar-refractivity contribution in [3.63, 3.8) is 0 Å². The molecular formula is C10H23OP. The molecule has 12 heavy (non-hydrogen) atoms. The molecule has 0 amide bonds. The van der Waals surface area contributed by atoms with Crippen molar-refractivity contribution < 1.29 is 4.52 Å². The van der Waals surface area contributed by atoms with E-state index in [1.165, 1.54) is 38.0 Å². The third-order valence-electron chi connectivity index (χ3n) is 1.98. The number of hydrogen-bond donors (Lipinski definition) is 0. The Morgan fingerprint density at radius 3 is 2.08 bits per heavy atom. The summed E-state index contributed by atoms with van der Waals surface area (Å²) in [6.45, 7) is 7.68. The molecule has 0 heterocycles. The van der Waals surface area contributed by atoms with Gasteiger partial charge >= 0.3 is 0 Å². The van der Waals surface area contributed by atoms with Crippen molar-refractivity contribution in [2.45, 2.75) is 46.5 Å². The molecule has 0 atom stereocenters. The standard InChI is InChI=1S/C10H23OP/c1-4-7-8-9-10-11-12(5-2)6-3/h4-10H2,1-3H3. The third-order valence-corrected chi connectivity index (χ3v) is 3.94. The minimum Gasteiger partial charge on any atom is -0.359 e. The fourth-order valence-electron chi connectivity index (χ4n) is 1.13. The second-order valence-electron chi connectivity index (χ2n) is 3.01. The van der Waals surface area contributed by atoms with E-state index in [4.69, 9.17) is 4.52 Å². The van der Waals surface area contributed by atoms with E-state index in [1.54, 1.807) is 0 Å². The number of rotatable bonds is 8. The van der Waals surface area contributed by atoms with Crippen LogP contribution < -0.4 is 0 Å². The maximum absolute atomic E-state index is 5.75. The molecule has 0 unspecified atom stereocenters. The lowest BCUT2D eigenvalue weighted by Gasteiger charge is -2.13. The summed E-state index contributed by atoms with van der Waals surface area (Å²) in [5.41, 5.74) is 0. The van der Waals surface area contributed by atoms with E-state index < -0.39 is 0 Å². The molecule has 0 radical (unpaired) electrons. The minimum atomic E-state index is -0.0771. The van der Waals surface area contributed by atoms with E-state index in [0.717, 1.165) is 6.61 Å². The Morgan fingerprint density at radius 2 is 1.58 bits per heavy atom. The highest BCUT2D eigenvalue weighted by Crippen LogP contribution is 2.35. The summed E-state index contributed by atoms with van der Waals surface area (Å²) in [7, 11) is -0.0771. The van der Waals surface area contributed by atoms with Gasteiger partial charge in [0, 0.05) is 8.15 Å². The van der Waals surface area contributed by atoms with Crippen molar-refractivity contribution in [3.8, 4) is 0 Å². The lowest BCUT2D eigenvalue weighted by Crippen LogP contribution is -1.93. The molecule has 0 aliphatic rings. The molecule has 0 N–H and O–H groups in total. The van der Waals surface area contributed by atoms with Crippen molar-refractivity contribution in [1.29, 1.82) is 0 Å². The predicted molar refractivity (Wildman–Crippen MR) is 58.1 cm³/mol. The first-order valence-corrected chi connectivity index (χ1v) is 6.86. The minimum absolute atomic E-state index is 0.0771. The average Bonchev–Trinajstić information content (AvgIpc) is 2.11. The smallest absolute Gasteiger partial charge is 0.0508 e. The van der Waals surface area contributed by atoms with Crippen LogP contribution in [0.3, 0.4) is 0 Å². The van der Waals surface area contributed by atoms with Crippen molar-refractivity contribution in [2.24, 2.45) is 0 Å². The van der Waals surface area contributed by atoms with Crippen LogP contribution in [0.2, 0.25) is 0 Å². The Kier molecular flexibility index (Phi) is 9.79. The molecule has 0 rings (SSSR count). The second kappa shape index (κ2) is 9.48. The van der Waals surface area contributed by atoms with Crippen LogP contribution in [0.25, 0.3) is 0 Å². The summed E-state index contributed by atoms with van der Waals surface area (Å²) in [4.78, 5) is 0. The van der Waals surface area contributed by atoms with E-state index in [2.05, 4.69) is 20.8 Å². The van der Waals surface area contributed by atoms with E-state index in [9.17, 15) is 0 Å². The molecule has 0 bridgehead atoms. The third kappa shape index (κ3) is 7.06. The van der Waals surface area contributed by atoms with Gasteiger partial charge in [-0.2, -0.15) is 0 Å². The first-order valence-electron chi connectivity index (χ1n) is 5.23. The van der Waals surface area contributed by atoms with Crippen LogP contribution in [0, 0.1) is 0 Å². The van der Waals surface area contributed by atoms with Gasteiger partial charge in [-0.1, -0.05) is 40.0 Å². The quantitative estimate of drug-likeness (QED) is 0.415. The van der Waals surface area contributed by atoms with Gasteiger partial charge in [-0.15, -0.1) is 0 Å². The van der Waals surface area contributed by atoms with Gasteiger partial charge in [0.25, 0.3) is 0 Å². The molecule has 0 saturated heterocycles. The maximum Gasteiger partial charge on any atom is 0.0508 e. The highest BCUT2D eigenvalue weighted by atomic mass is 31.1. The van der Waals surface area contributed by atoms with Crippen molar-refractivity contribution >= 4 is 8.15 Å². The maximum atomic E-state index is 5.75. The Balaban J connectivity index is 3.06. The van der Waals surface area contributed by atoms with Crippen molar-refractivity contribution in [1.82, 2.24) is 0 Å². The van der Waals surface area contributed by atoms with Crippen LogP contribution in [0.1, 0.15) is 46.5 Å². The molecule has 0 fully saturated rings. The number of unbranched alkanes of at least 4 members (excludes halogenated alkanes) is 3. The van der Waals surface area contributed by atoms with Crippen LogP contribution in [0.5, 0.6) is 0 Å². The second-order valence-corrected chi connectivity index (χ2v) is 5.49. The molecule has 0 aliphatic carbocycles. The highest BCUT2D eigenvalue weighted by molar-refractivity contribution is 7.52. The summed E-state index contributed by atoms with van der Waals surface area (Å²) in [6, 6.07) is 0. The van der Waals surface area contributed by atoms with Gasteiger partial charge in [-0.05, 0) is 18.7 Å². The zero-order valence-electron chi connectivity index (χ0n) is 8.81. The van der Waals surface area contributed by atoms with Crippen LogP contribution >= 0.6 is 8.15 Å². The van der Waals surface area contributed by atoms with E-state index in [-0.39, 0.29) is 8.15 Å². The van der Waals surface area contributed by atoms with Gasteiger partial charge in [0.1, 0.15) is 0 Å². The molecule has 1 nitrogen and oxygen atoms in total. The molecule has 74 valence electrons. The van der Waals surface area contributed by atoms with Gasteiger partial charge in [0.15, 0.2) is 0 Å². The fraction of sp³-hybridized carbons (Fsp3) is 1.00. The van der Waals surface area contributed by atoms with Crippen LogP contribution in [-0.4, -0.2) is 18.9 Å². The summed E-state index contributed by atoms with van der Waals surface area (Å²) in [5, 5.41) is 0. The summed E-state index contributed by atoms with van der Waals surface area (Å²) in [6.07, 6.45) is 7.72. The largest absolute Gasteiger partial charge is 0.359 e. The molecule has 0 aromatic heterocycles. The summed E-state index contributed by atoms with van der Waals surface area (Å²) in [5.74, 6) is 0. The molecule has 0 spiro atoms. The zero-order valence-corrected chi connectivity index (χ0v) is 9.70. The lowest BCUT2D eigenvalue weighted by atomic mass is 10.2. The van der Waals surface area contributed by atoms with Gasteiger partial charge in [0.2, 0.25) is 0 Å². The van der Waals surface area contributed by atoms with Gasteiger partial charge < -0.3 is 4.52 Å². The topological polar surface area (TPSA) is 9.23 Å². The molecular weight excluding hydrogens is 167 g/mol. The molecule has 0 aromatic rings. The molecule has 0 aromatic carbocycles. The monoisotopic (exact) mass is 190 g/mol.